The van der Waals surface area contributed by atoms with E-state index in [4.69, 9.17) is 37.9 Å². The lowest BCUT2D eigenvalue weighted by atomic mass is 9.87. The van der Waals surface area contributed by atoms with Gasteiger partial charge in [-0.25, -0.2) is 31.8 Å². The molecule has 75 heavy (non-hydrogen) atoms. The number of carbonyl (C=O) groups is 4. The van der Waals surface area contributed by atoms with Crippen LogP contribution < -0.4 is 18.9 Å². The van der Waals surface area contributed by atoms with Crippen LogP contribution in [0.2, 0.25) is 0 Å². The molecule has 4 aromatic rings. The third kappa shape index (κ3) is 15.0. The van der Waals surface area contributed by atoms with E-state index in [0.29, 0.717) is 32.0 Å². The smallest absolute Gasteiger partial charge is 0.344 e. The van der Waals surface area contributed by atoms with Crippen molar-refractivity contribution in [3.63, 3.8) is 0 Å². The van der Waals surface area contributed by atoms with Gasteiger partial charge in [0.25, 0.3) is 0 Å². The van der Waals surface area contributed by atoms with E-state index in [-0.39, 0.29) is 78.8 Å². The summed E-state index contributed by atoms with van der Waals surface area (Å²) in [6.07, 6.45) is 0. The van der Waals surface area contributed by atoms with Crippen molar-refractivity contribution in [3.8, 4) is 23.0 Å². The van der Waals surface area contributed by atoms with Crippen LogP contribution in [-0.2, 0) is 92.2 Å². The zero-order chi connectivity index (χ0) is 56.0. The predicted octanol–water partition coefficient (Wildman–Crippen LogP) is 10.6. The topological polar surface area (TPSA) is 193 Å². The molecule has 1 aliphatic heterocycles. The minimum absolute atomic E-state index is 0.00141. The molecule has 0 saturated carbocycles. The standard InChI is InChI=1S/C56H72O15S4/c1-17-64-45(57)29-68-49-37-21-33(53(5,6)7)23-39(49)73(61)41-25-35(55(11,12)13)27-43(51(41)70-31-47(59)66-19-3)75(63)44-28-36(56(14,15)16)26-42(52(44)71-32-48(60)67-20-4)74(62)40-24-34(54(8,9)10)22-38(72-37)50(40)69-30-46(58)65-18-2/h21-28H,17-20,29-32H2,1-16H3. The van der Waals surface area contributed by atoms with E-state index in [1.165, 1.54) is 0 Å². The lowest BCUT2D eigenvalue weighted by Crippen LogP contribution is -2.21. The van der Waals surface area contributed by atoms with E-state index in [1.54, 1.807) is 64.1 Å². The lowest BCUT2D eigenvalue weighted by Gasteiger charge is -2.28. The summed E-state index contributed by atoms with van der Waals surface area (Å²) in [5.74, 6) is -3.32. The molecule has 4 aromatic carbocycles. The van der Waals surface area contributed by atoms with Crippen LogP contribution in [0, 0.1) is 0 Å². The molecule has 1 heterocycles. The Labute approximate surface area is 453 Å². The molecule has 0 spiro atoms. The fraction of sp³-hybridized carbons (Fsp3) is 0.500. The molecule has 0 radical (unpaired) electrons. The van der Waals surface area contributed by atoms with E-state index in [2.05, 4.69) is 0 Å². The van der Waals surface area contributed by atoms with Gasteiger partial charge in [0.05, 0.1) is 98.0 Å². The van der Waals surface area contributed by atoms with E-state index in [9.17, 15) is 19.2 Å². The van der Waals surface area contributed by atoms with E-state index in [1.807, 2.05) is 95.2 Å². The minimum Gasteiger partial charge on any atom is -0.479 e. The Balaban J connectivity index is 2.15. The van der Waals surface area contributed by atoms with Crippen molar-refractivity contribution < 1.29 is 69.7 Å². The fourth-order valence-electron chi connectivity index (χ4n) is 7.39. The van der Waals surface area contributed by atoms with Crippen molar-refractivity contribution in [1.29, 1.82) is 0 Å². The summed E-state index contributed by atoms with van der Waals surface area (Å²) in [5.41, 5.74) is -0.150. The lowest BCUT2D eigenvalue weighted by molar-refractivity contribution is -0.146. The van der Waals surface area contributed by atoms with Crippen molar-refractivity contribution in [2.75, 3.05) is 52.9 Å². The van der Waals surface area contributed by atoms with Crippen LogP contribution in [0.15, 0.2) is 87.7 Å². The van der Waals surface area contributed by atoms with Crippen LogP contribution in [0.5, 0.6) is 23.0 Å². The van der Waals surface area contributed by atoms with Gasteiger partial charge in [-0.05, 0) is 120 Å². The van der Waals surface area contributed by atoms with Gasteiger partial charge in [0, 0.05) is 0 Å². The fourth-order valence-corrected chi connectivity index (χ4v) is 12.9. The second-order valence-corrected chi connectivity index (χ2v) is 26.8. The second-order valence-electron chi connectivity index (χ2n) is 21.5. The first-order valence-electron chi connectivity index (χ1n) is 24.8. The highest BCUT2D eigenvalue weighted by molar-refractivity contribution is 7.99. The van der Waals surface area contributed by atoms with Gasteiger partial charge in [-0.2, -0.15) is 0 Å². The molecule has 2 atom stereocenters. The van der Waals surface area contributed by atoms with Gasteiger partial charge in [-0.3, -0.25) is 0 Å². The van der Waals surface area contributed by atoms with Gasteiger partial charge >= 0.3 is 23.9 Å². The molecule has 2 unspecified atom stereocenters. The van der Waals surface area contributed by atoms with E-state index in [0.717, 1.165) is 11.8 Å². The Bertz CT molecular complexity index is 2690. The first-order valence-corrected chi connectivity index (χ1v) is 29.0. The summed E-state index contributed by atoms with van der Waals surface area (Å²) < 4.78 is 95.5. The summed E-state index contributed by atoms with van der Waals surface area (Å²) in [7, 11) is -7.15. The Morgan fingerprint density at radius 3 is 0.773 bits per heavy atom. The Kier molecular flexibility index (Phi) is 20.1. The maximum absolute atomic E-state index is 16.2. The molecule has 1 aliphatic rings. The normalized spacial score (nSPS) is 15.8. The number of carbonyl (C=O) groups excluding carboxylic acids is 4. The van der Waals surface area contributed by atoms with Gasteiger partial charge in [0.2, 0.25) is 0 Å². The summed E-state index contributed by atoms with van der Waals surface area (Å²) in [6.45, 7) is 27.6. The van der Waals surface area contributed by atoms with Gasteiger partial charge in [-0.1, -0.05) is 94.8 Å². The van der Waals surface area contributed by atoms with Crippen molar-refractivity contribution in [1.82, 2.24) is 0 Å². The molecular formula is C56H72O15S4. The van der Waals surface area contributed by atoms with Crippen LogP contribution >= 0.6 is 11.8 Å². The van der Waals surface area contributed by atoms with Gasteiger partial charge in [0.1, 0.15) is 0 Å². The average molecular weight is 1110 g/mol. The molecule has 0 aliphatic carbocycles. The molecule has 8 bridgehead atoms. The maximum atomic E-state index is 16.2. The monoisotopic (exact) mass is 1110 g/mol. The van der Waals surface area contributed by atoms with Crippen molar-refractivity contribution in [3.05, 3.63) is 70.8 Å². The van der Waals surface area contributed by atoms with Crippen LogP contribution in [-0.4, -0.2) is 89.4 Å². The molecular weight excluding hydrogens is 1040 g/mol. The van der Waals surface area contributed by atoms with Crippen molar-refractivity contribution in [2.45, 2.75) is 172 Å². The zero-order valence-electron chi connectivity index (χ0n) is 46.0. The predicted molar refractivity (Wildman–Crippen MR) is 287 cm³/mol. The highest BCUT2D eigenvalue weighted by atomic mass is 32.2. The largest absolute Gasteiger partial charge is 0.479 e. The molecule has 0 N–H and O–H groups in total. The molecule has 0 aromatic heterocycles. The summed E-state index contributed by atoms with van der Waals surface area (Å²) in [4.78, 5) is 53.6. The number of benzene rings is 4. The number of hydrogen-bond acceptors (Lipinski definition) is 16. The van der Waals surface area contributed by atoms with E-state index >= 15 is 12.6 Å². The molecule has 0 saturated heterocycles. The summed E-state index contributed by atoms with van der Waals surface area (Å²) in [6, 6.07) is 13.7. The zero-order valence-corrected chi connectivity index (χ0v) is 49.3. The minimum atomic E-state index is -2.44. The Morgan fingerprint density at radius 2 is 0.560 bits per heavy atom. The molecule has 19 heteroatoms. The molecule has 410 valence electrons. The number of ether oxygens (including phenoxy) is 8. The molecule has 0 fully saturated rings. The van der Waals surface area contributed by atoms with E-state index < -0.39 is 104 Å². The number of rotatable bonds is 16. The maximum Gasteiger partial charge on any atom is 0.344 e. The summed E-state index contributed by atoms with van der Waals surface area (Å²) >= 11 is 1.11. The second kappa shape index (κ2) is 24.8. The number of fused-ring (bicyclic) bond motifs is 8. The first kappa shape index (κ1) is 60.6. The first-order chi connectivity index (χ1) is 34.9. The van der Waals surface area contributed by atoms with Gasteiger partial charge < -0.3 is 37.9 Å². The Hall–Kier alpha value is -5.24. The molecule has 0 amide bonds. The Morgan fingerprint density at radius 1 is 0.360 bits per heavy atom. The highest BCUT2D eigenvalue weighted by Crippen LogP contribution is 2.51. The third-order valence-corrected chi connectivity index (χ3v) is 16.8. The summed E-state index contributed by atoms with van der Waals surface area (Å²) in [5, 5.41) is 0. The quantitative estimate of drug-likeness (QED) is 0.0668. The van der Waals surface area contributed by atoms with Gasteiger partial charge in [-0.15, -0.1) is 0 Å². The van der Waals surface area contributed by atoms with Crippen LogP contribution in [0.4, 0.5) is 0 Å². The third-order valence-electron chi connectivity index (χ3n) is 11.5. The van der Waals surface area contributed by atoms with Crippen molar-refractivity contribution >= 4 is 68.0 Å². The number of hydrogen-bond donors (Lipinski definition) is 0. The molecule has 15 nitrogen and oxygen atoms in total. The highest BCUT2D eigenvalue weighted by Gasteiger charge is 2.36. The van der Waals surface area contributed by atoms with Gasteiger partial charge in [0.15, 0.2) is 49.4 Å². The van der Waals surface area contributed by atoms with Crippen LogP contribution in [0.25, 0.3) is 0 Å². The SMILES string of the molecule is CCOC(=O)COc1c2cc(C(C)(C)C)cc1S(=O)c1cc(C(C)(C)C)cc(c1OCC(=O)OCC)S(=O)c1cc(C(C)(C)C)cc(c1OCC(=O)OCC)S(=O)c1cc(C(C)(C)C)cc(c1OCC(=O)OCC)S2. The van der Waals surface area contributed by atoms with Crippen molar-refractivity contribution in [2.24, 2.45) is 0 Å². The van der Waals surface area contributed by atoms with Crippen LogP contribution in [0.3, 0.4) is 0 Å². The van der Waals surface area contributed by atoms with Crippen LogP contribution in [0.1, 0.15) is 133 Å². The molecule has 5 rings (SSSR count). The number of esters is 4. The average Bonchev–Trinajstić information content (AvgIpc) is 3.31.